The minimum Gasteiger partial charge on any atom is -0.354 e. The van der Waals surface area contributed by atoms with Crippen molar-refractivity contribution in [2.24, 2.45) is 0 Å². The molecule has 1 saturated heterocycles. The van der Waals surface area contributed by atoms with E-state index in [2.05, 4.69) is 15.4 Å². The summed E-state index contributed by atoms with van der Waals surface area (Å²) in [5.41, 5.74) is 1.20. The van der Waals surface area contributed by atoms with Crippen molar-refractivity contribution in [3.05, 3.63) is 35.9 Å². The predicted octanol–water partition coefficient (Wildman–Crippen LogP) is 0.856. The van der Waals surface area contributed by atoms with Gasteiger partial charge in [-0.05, 0) is 43.0 Å². The van der Waals surface area contributed by atoms with Gasteiger partial charge in [-0.2, -0.15) is 0 Å². The highest BCUT2D eigenvalue weighted by atomic mass is 32.2. The number of rotatable bonds is 5. The molecule has 3 N–H and O–H groups in total. The Balaban J connectivity index is 1.92. The first-order valence-corrected chi connectivity index (χ1v) is 9.57. The second-order valence-electron chi connectivity index (χ2n) is 5.68. The van der Waals surface area contributed by atoms with Crippen LogP contribution in [0.2, 0.25) is 0 Å². The normalized spacial score (nSPS) is 18.7. The minimum atomic E-state index is -3.31. The van der Waals surface area contributed by atoms with Crippen LogP contribution in [0.15, 0.2) is 30.3 Å². The van der Waals surface area contributed by atoms with Gasteiger partial charge in [0.25, 0.3) is 0 Å². The number of carbonyl (C=O) groups is 2. The summed E-state index contributed by atoms with van der Waals surface area (Å²) in [6, 6.07) is 6.10. The Morgan fingerprint density at radius 3 is 2.62 bits per heavy atom. The van der Waals surface area contributed by atoms with Crippen LogP contribution in [0.3, 0.4) is 0 Å². The SMILES string of the molecule is CS(=O)(=O)Nc1ccc(C=CC(=O)NC2CCCCNC2=O)cc1. The molecule has 1 aliphatic heterocycles. The summed E-state index contributed by atoms with van der Waals surface area (Å²) in [6.45, 7) is 0.648. The lowest BCUT2D eigenvalue weighted by Crippen LogP contribution is -2.44. The third-order valence-electron chi connectivity index (χ3n) is 3.49. The van der Waals surface area contributed by atoms with Gasteiger partial charge in [-0.25, -0.2) is 8.42 Å². The molecule has 7 nitrogen and oxygen atoms in total. The fraction of sp³-hybridized carbons (Fsp3) is 0.375. The van der Waals surface area contributed by atoms with E-state index >= 15 is 0 Å². The van der Waals surface area contributed by atoms with Crippen LogP contribution in [0.4, 0.5) is 5.69 Å². The molecule has 24 heavy (non-hydrogen) atoms. The largest absolute Gasteiger partial charge is 0.354 e. The lowest BCUT2D eigenvalue weighted by Gasteiger charge is -2.13. The van der Waals surface area contributed by atoms with Gasteiger partial charge >= 0.3 is 0 Å². The van der Waals surface area contributed by atoms with Crippen molar-refractivity contribution >= 4 is 33.6 Å². The fourth-order valence-corrected chi connectivity index (χ4v) is 2.91. The average molecular weight is 351 g/mol. The molecule has 2 amide bonds. The van der Waals surface area contributed by atoms with E-state index in [0.717, 1.165) is 24.7 Å². The first kappa shape index (κ1) is 18.0. The van der Waals surface area contributed by atoms with E-state index in [1.807, 2.05) is 0 Å². The van der Waals surface area contributed by atoms with Crippen molar-refractivity contribution in [3.8, 4) is 0 Å². The quantitative estimate of drug-likeness (QED) is 0.684. The van der Waals surface area contributed by atoms with E-state index in [4.69, 9.17) is 0 Å². The van der Waals surface area contributed by atoms with Crippen LogP contribution in [0.25, 0.3) is 6.08 Å². The maximum atomic E-state index is 11.9. The number of carbonyl (C=O) groups excluding carboxylic acids is 2. The Bertz CT molecular complexity index is 726. The molecule has 1 heterocycles. The topological polar surface area (TPSA) is 104 Å². The lowest BCUT2D eigenvalue weighted by molar-refractivity contribution is -0.126. The van der Waals surface area contributed by atoms with Gasteiger partial charge < -0.3 is 10.6 Å². The van der Waals surface area contributed by atoms with Crippen molar-refractivity contribution in [3.63, 3.8) is 0 Å². The van der Waals surface area contributed by atoms with Crippen LogP contribution >= 0.6 is 0 Å². The highest BCUT2D eigenvalue weighted by Gasteiger charge is 2.21. The van der Waals surface area contributed by atoms with Gasteiger partial charge in [0.1, 0.15) is 6.04 Å². The zero-order chi connectivity index (χ0) is 17.6. The van der Waals surface area contributed by atoms with Crippen LogP contribution in [0, 0.1) is 0 Å². The molecule has 1 aliphatic rings. The standard InChI is InChI=1S/C16H21N3O4S/c1-24(22,23)19-13-8-5-12(6-9-13)7-10-15(20)18-14-4-2-3-11-17-16(14)21/h5-10,14,19H,2-4,11H2,1H3,(H,17,21)(H,18,20). The summed E-state index contributed by atoms with van der Waals surface area (Å²) in [7, 11) is -3.31. The van der Waals surface area contributed by atoms with E-state index in [1.165, 1.54) is 6.08 Å². The van der Waals surface area contributed by atoms with Crippen molar-refractivity contribution in [1.82, 2.24) is 10.6 Å². The lowest BCUT2D eigenvalue weighted by atomic mass is 10.1. The summed E-state index contributed by atoms with van der Waals surface area (Å²) in [5.74, 6) is -0.485. The molecule has 1 aromatic carbocycles. The Morgan fingerprint density at radius 2 is 1.96 bits per heavy atom. The molecule has 0 bridgehead atoms. The van der Waals surface area contributed by atoms with E-state index in [0.29, 0.717) is 18.7 Å². The third-order valence-corrected chi connectivity index (χ3v) is 4.10. The van der Waals surface area contributed by atoms with Gasteiger partial charge in [0, 0.05) is 18.3 Å². The number of hydrogen-bond donors (Lipinski definition) is 3. The summed E-state index contributed by atoms with van der Waals surface area (Å²) in [4.78, 5) is 23.7. The minimum absolute atomic E-state index is 0.148. The maximum absolute atomic E-state index is 11.9. The number of hydrogen-bond acceptors (Lipinski definition) is 4. The van der Waals surface area contributed by atoms with Crippen LogP contribution in [-0.4, -0.2) is 39.1 Å². The highest BCUT2D eigenvalue weighted by Crippen LogP contribution is 2.12. The van der Waals surface area contributed by atoms with Crippen LogP contribution in [-0.2, 0) is 19.6 Å². The van der Waals surface area contributed by atoms with Crippen molar-refractivity contribution in [1.29, 1.82) is 0 Å². The number of anilines is 1. The maximum Gasteiger partial charge on any atom is 0.244 e. The fourth-order valence-electron chi connectivity index (χ4n) is 2.35. The van der Waals surface area contributed by atoms with Gasteiger partial charge in [0.05, 0.1) is 6.26 Å². The summed E-state index contributed by atoms with van der Waals surface area (Å²) in [6.07, 6.45) is 6.49. The van der Waals surface area contributed by atoms with Gasteiger partial charge in [0.15, 0.2) is 0 Å². The van der Waals surface area contributed by atoms with E-state index in [-0.39, 0.29) is 11.8 Å². The number of benzene rings is 1. The number of amides is 2. The van der Waals surface area contributed by atoms with Crippen LogP contribution in [0.5, 0.6) is 0 Å². The molecule has 0 aromatic heterocycles. The first-order valence-electron chi connectivity index (χ1n) is 7.68. The third kappa shape index (κ3) is 6.04. The Labute approximate surface area is 141 Å². The molecular formula is C16H21N3O4S. The molecule has 8 heteroatoms. The van der Waals surface area contributed by atoms with Crippen molar-refractivity contribution < 1.29 is 18.0 Å². The van der Waals surface area contributed by atoms with Gasteiger partial charge in [0.2, 0.25) is 21.8 Å². The van der Waals surface area contributed by atoms with Crippen LogP contribution in [0.1, 0.15) is 24.8 Å². The monoisotopic (exact) mass is 351 g/mol. The predicted molar refractivity (Wildman–Crippen MR) is 92.7 cm³/mol. The Morgan fingerprint density at radius 1 is 1.25 bits per heavy atom. The summed E-state index contributed by atoms with van der Waals surface area (Å²) >= 11 is 0. The molecule has 1 atom stereocenters. The number of sulfonamides is 1. The van der Waals surface area contributed by atoms with E-state index in [1.54, 1.807) is 30.3 Å². The smallest absolute Gasteiger partial charge is 0.244 e. The first-order chi connectivity index (χ1) is 11.3. The van der Waals surface area contributed by atoms with E-state index < -0.39 is 16.1 Å². The second kappa shape index (κ2) is 7.96. The number of nitrogens with one attached hydrogen (secondary N) is 3. The summed E-state index contributed by atoms with van der Waals surface area (Å²) in [5, 5.41) is 5.46. The average Bonchev–Trinajstić information content (AvgIpc) is 2.70. The summed E-state index contributed by atoms with van der Waals surface area (Å²) < 4.78 is 24.6. The molecule has 1 fully saturated rings. The van der Waals surface area contributed by atoms with Crippen LogP contribution < -0.4 is 15.4 Å². The molecule has 130 valence electrons. The Hall–Kier alpha value is -2.35. The highest BCUT2D eigenvalue weighted by molar-refractivity contribution is 7.92. The molecule has 0 aliphatic carbocycles. The van der Waals surface area contributed by atoms with Crippen molar-refractivity contribution in [2.45, 2.75) is 25.3 Å². The zero-order valence-electron chi connectivity index (χ0n) is 13.4. The second-order valence-corrected chi connectivity index (χ2v) is 7.43. The van der Waals surface area contributed by atoms with E-state index in [9.17, 15) is 18.0 Å². The Kier molecular flexibility index (Phi) is 5.97. The van der Waals surface area contributed by atoms with Gasteiger partial charge in [-0.3, -0.25) is 14.3 Å². The zero-order valence-corrected chi connectivity index (χ0v) is 14.2. The molecular weight excluding hydrogens is 330 g/mol. The van der Waals surface area contributed by atoms with Gasteiger partial charge in [-0.1, -0.05) is 12.1 Å². The molecule has 2 rings (SSSR count). The van der Waals surface area contributed by atoms with Crippen molar-refractivity contribution in [2.75, 3.05) is 17.5 Å². The van der Waals surface area contributed by atoms with Gasteiger partial charge in [-0.15, -0.1) is 0 Å². The molecule has 0 radical (unpaired) electrons. The molecule has 1 aromatic rings. The molecule has 0 spiro atoms. The molecule has 1 unspecified atom stereocenters. The molecule has 0 saturated carbocycles.